The van der Waals surface area contributed by atoms with Gasteiger partial charge in [-0.2, -0.15) is 5.26 Å². The Morgan fingerprint density at radius 2 is 2.00 bits per heavy atom. The van der Waals surface area contributed by atoms with Crippen LogP contribution in [-0.4, -0.2) is 9.97 Å². The number of nitriles is 1. The first-order chi connectivity index (χ1) is 5.15. The molecule has 0 fully saturated rings. The van der Waals surface area contributed by atoms with Crippen LogP contribution in [0.2, 0.25) is 0 Å². The van der Waals surface area contributed by atoms with E-state index in [1.54, 1.807) is 6.07 Å². The van der Waals surface area contributed by atoms with Crippen LogP contribution in [0.3, 0.4) is 0 Å². The lowest BCUT2D eigenvalue weighted by Gasteiger charge is -1.91. The van der Waals surface area contributed by atoms with E-state index < -0.39 is 11.2 Å². The molecule has 56 valence electrons. The van der Waals surface area contributed by atoms with Gasteiger partial charge in [0.1, 0.15) is 11.6 Å². The average molecular weight is 151 g/mol. The minimum absolute atomic E-state index is 0.0513. The van der Waals surface area contributed by atoms with Crippen molar-refractivity contribution in [1.29, 1.82) is 5.26 Å². The highest BCUT2D eigenvalue weighted by Gasteiger charge is 2.02. The molecule has 0 atom stereocenters. The molecule has 0 aliphatic heterocycles. The van der Waals surface area contributed by atoms with Crippen LogP contribution in [-0.2, 0) is 0 Å². The molecular weight excluding hydrogens is 146 g/mol. The Morgan fingerprint density at radius 1 is 1.36 bits per heavy atom. The van der Waals surface area contributed by atoms with Gasteiger partial charge in [-0.1, -0.05) is 0 Å². The van der Waals surface area contributed by atoms with Crippen LogP contribution in [0, 0.1) is 18.3 Å². The van der Waals surface area contributed by atoms with Crippen molar-refractivity contribution in [3.05, 3.63) is 32.1 Å². The Labute approximate surface area is 61.3 Å². The van der Waals surface area contributed by atoms with Gasteiger partial charge in [-0.05, 0) is 6.92 Å². The van der Waals surface area contributed by atoms with Crippen LogP contribution >= 0.6 is 0 Å². The van der Waals surface area contributed by atoms with Crippen molar-refractivity contribution in [2.75, 3.05) is 0 Å². The first kappa shape index (κ1) is 7.28. The molecule has 0 spiro atoms. The van der Waals surface area contributed by atoms with Crippen molar-refractivity contribution in [2.24, 2.45) is 0 Å². The molecule has 0 aromatic carbocycles. The summed E-state index contributed by atoms with van der Waals surface area (Å²) in [5.74, 6) is 0. The second-order valence-corrected chi connectivity index (χ2v) is 2.02. The largest absolute Gasteiger partial charge is 0.325 e. The number of H-pyrrole nitrogens is 2. The van der Waals surface area contributed by atoms with Crippen molar-refractivity contribution in [1.82, 2.24) is 9.97 Å². The van der Waals surface area contributed by atoms with E-state index >= 15 is 0 Å². The highest BCUT2D eigenvalue weighted by Crippen LogP contribution is 1.89. The van der Waals surface area contributed by atoms with Gasteiger partial charge in [-0.3, -0.25) is 9.78 Å². The lowest BCUT2D eigenvalue weighted by Crippen LogP contribution is -2.25. The number of aromatic nitrogens is 2. The number of nitrogens with zero attached hydrogens (tertiary/aromatic N) is 1. The predicted octanol–water partition coefficient (Wildman–Crippen LogP) is -0.757. The van der Waals surface area contributed by atoms with Crippen LogP contribution in [0.1, 0.15) is 11.3 Å². The molecule has 0 amide bonds. The van der Waals surface area contributed by atoms with Crippen LogP contribution < -0.4 is 11.2 Å². The minimum Gasteiger partial charge on any atom is -0.310 e. The Balaban J connectivity index is 3.66. The maximum Gasteiger partial charge on any atom is 0.325 e. The fourth-order valence-electron chi connectivity index (χ4n) is 0.735. The number of aryl methyl sites for hydroxylation is 1. The summed E-state index contributed by atoms with van der Waals surface area (Å²) in [5.41, 5.74) is -0.994. The third-order valence-corrected chi connectivity index (χ3v) is 1.24. The first-order valence-corrected chi connectivity index (χ1v) is 2.88. The summed E-state index contributed by atoms with van der Waals surface area (Å²) < 4.78 is 0. The van der Waals surface area contributed by atoms with Crippen molar-refractivity contribution in [3.63, 3.8) is 0 Å². The molecule has 0 radical (unpaired) electrons. The second kappa shape index (κ2) is 2.42. The van der Waals surface area contributed by atoms with Gasteiger partial charge in [0.05, 0.1) is 0 Å². The SMILES string of the molecule is Cc1[nH]c(=O)[nH]c(=O)c1C#N. The first-order valence-electron chi connectivity index (χ1n) is 2.88. The summed E-state index contributed by atoms with van der Waals surface area (Å²) in [4.78, 5) is 25.6. The Kier molecular flexibility index (Phi) is 1.60. The number of hydrogen-bond donors (Lipinski definition) is 2. The summed E-state index contributed by atoms with van der Waals surface area (Å²) in [5, 5.41) is 8.40. The molecule has 0 saturated carbocycles. The van der Waals surface area contributed by atoms with Gasteiger partial charge in [-0.25, -0.2) is 4.79 Å². The molecule has 0 aliphatic carbocycles. The van der Waals surface area contributed by atoms with E-state index in [1.165, 1.54) is 6.92 Å². The maximum absolute atomic E-state index is 10.8. The molecule has 0 saturated heterocycles. The van der Waals surface area contributed by atoms with E-state index in [-0.39, 0.29) is 5.56 Å². The molecule has 5 heteroatoms. The third kappa shape index (κ3) is 1.19. The van der Waals surface area contributed by atoms with Crippen LogP contribution in [0.25, 0.3) is 0 Å². The van der Waals surface area contributed by atoms with Gasteiger partial charge in [0.15, 0.2) is 0 Å². The van der Waals surface area contributed by atoms with E-state index in [2.05, 4.69) is 4.98 Å². The molecule has 0 aliphatic rings. The van der Waals surface area contributed by atoms with Crippen molar-refractivity contribution in [2.45, 2.75) is 6.92 Å². The van der Waals surface area contributed by atoms with Crippen molar-refractivity contribution < 1.29 is 0 Å². The molecule has 2 N–H and O–H groups in total. The molecule has 11 heavy (non-hydrogen) atoms. The van der Waals surface area contributed by atoms with Crippen molar-refractivity contribution >= 4 is 0 Å². The Morgan fingerprint density at radius 3 is 2.45 bits per heavy atom. The van der Waals surface area contributed by atoms with E-state index in [1.807, 2.05) is 4.98 Å². The molecule has 1 aromatic rings. The number of hydrogen-bond acceptors (Lipinski definition) is 3. The monoisotopic (exact) mass is 151 g/mol. The van der Waals surface area contributed by atoms with Gasteiger partial charge in [0.25, 0.3) is 5.56 Å². The normalized spacial score (nSPS) is 9.09. The van der Waals surface area contributed by atoms with Gasteiger partial charge in [0.2, 0.25) is 0 Å². The topological polar surface area (TPSA) is 89.5 Å². The van der Waals surface area contributed by atoms with Crippen LogP contribution in [0.15, 0.2) is 9.59 Å². The third-order valence-electron chi connectivity index (χ3n) is 1.24. The Hall–Kier alpha value is -1.83. The number of nitrogens with one attached hydrogen (secondary N) is 2. The Bertz CT molecular complexity index is 421. The summed E-state index contributed by atoms with van der Waals surface area (Å²) in [7, 11) is 0. The standard InChI is InChI=1S/C6H5N3O2/c1-3-4(2-7)5(10)9-6(11)8-3/h1H3,(H2,8,9,10,11). The van der Waals surface area contributed by atoms with E-state index in [4.69, 9.17) is 5.26 Å². The highest BCUT2D eigenvalue weighted by molar-refractivity contribution is 5.28. The second-order valence-electron chi connectivity index (χ2n) is 2.02. The van der Waals surface area contributed by atoms with Crippen molar-refractivity contribution in [3.8, 4) is 6.07 Å². The van der Waals surface area contributed by atoms with Gasteiger partial charge in [0, 0.05) is 5.69 Å². The minimum atomic E-state index is -0.645. The highest BCUT2D eigenvalue weighted by atomic mass is 16.2. The van der Waals surface area contributed by atoms with Crippen LogP contribution in [0.5, 0.6) is 0 Å². The fraction of sp³-hybridized carbons (Fsp3) is 0.167. The molecule has 1 aromatic heterocycles. The predicted molar refractivity (Wildman–Crippen MR) is 37.1 cm³/mol. The zero-order valence-corrected chi connectivity index (χ0v) is 5.76. The molecular formula is C6H5N3O2. The summed E-state index contributed by atoms with van der Waals surface area (Å²) in [6.45, 7) is 1.50. The zero-order chi connectivity index (χ0) is 8.43. The van der Waals surface area contributed by atoms with Gasteiger partial charge < -0.3 is 4.98 Å². The van der Waals surface area contributed by atoms with Gasteiger partial charge >= 0.3 is 5.69 Å². The molecule has 1 rings (SSSR count). The molecule has 5 nitrogen and oxygen atoms in total. The lowest BCUT2D eigenvalue weighted by molar-refractivity contribution is 0.981. The summed E-state index contributed by atoms with van der Waals surface area (Å²) in [6.07, 6.45) is 0. The number of rotatable bonds is 0. The quantitative estimate of drug-likeness (QED) is 0.510. The molecule has 0 unspecified atom stereocenters. The lowest BCUT2D eigenvalue weighted by atomic mass is 10.3. The molecule has 1 heterocycles. The van der Waals surface area contributed by atoms with Crippen LogP contribution in [0.4, 0.5) is 0 Å². The number of aromatic amines is 2. The van der Waals surface area contributed by atoms with E-state index in [0.717, 1.165) is 0 Å². The maximum atomic E-state index is 10.8. The average Bonchev–Trinajstić information content (AvgIpc) is 1.85. The van der Waals surface area contributed by atoms with Gasteiger partial charge in [-0.15, -0.1) is 0 Å². The summed E-state index contributed by atoms with van der Waals surface area (Å²) >= 11 is 0. The van der Waals surface area contributed by atoms with E-state index in [9.17, 15) is 9.59 Å². The summed E-state index contributed by atoms with van der Waals surface area (Å²) in [6, 6.07) is 1.68. The van der Waals surface area contributed by atoms with E-state index in [0.29, 0.717) is 5.69 Å². The fourth-order valence-corrected chi connectivity index (χ4v) is 0.735. The zero-order valence-electron chi connectivity index (χ0n) is 5.76. The smallest absolute Gasteiger partial charge is 0.310 e. The molecule has 0 bridgehead atoms.